The van der Waals surface area contributed by atoms with Crippen LogP contribution in [0.15, 0.2) is 0 Å². The van der Waals surface area contributed by atoms with E-state index in [9.17, 15) is 4.79 Å². The summed E-state index contributed by atoms with van der Waals surface area (Å²) >= 11 is 3.55. The summed E-state index contributed by atoms with van der Waals surface area (Å²) < 4.78 is 5.45. The first kappa shape index (κ1) is 12.2. The van der Waals surface area contributed by atoms with Crippen LogP contribution in [0.1, 0.15) is 40.5 Å². The molecule has 2 saturated heterocycles. The molecule has 0 unspecified atom stereocenters. The van der Waals surface area contributed by atoms with Crippen molar-refractivity contribution < 1.29 is 9.53 Å². The van der Waals surface area contributed by atoms with Gasteiger partial charge in [-0.05, 0) is 40.5 Å². The Hall–Kier alpha value is -0.250. The molecular formula is C12H20BrNO2. The Labute approximate surface area is 106 Å². The van der Waals surface area contributed by atoms with Crippen LogP contribution in [0.3, 0.4) is 0 Å². The Balaban J connectivity index is 2.05. The quantitative estimate of drug-likeness (QED) is 0.694. The molecule has 3 rings (SSSR count). The van der Waals surface area contributed by atoms with Crippen LogP contribution in [0.2, 0.25) is 0 Å². The molecule has 16 heavy (non-hydrogen) atoms. The van der Waals surface area contributed by atoms with Gasteiger partial charge in [0.15, 0.2) is 0 Å². The average Bonchev–Trinajstić information content (AvgIpc) is 2.50. The van der Waals surface area contributed by atoms with Crippen molar-refractivity contribution in [3.05, 3.63) is 0 Å². The molecule has 4 heteroatoms. The van der Waals surface area contributed by atoms with Crippen LogP contribution in [-0.4, -0.2) is 34.0 Å². The molecule has 3 fully saturated rings. The van der Waals surface area contributed by atoms with Gasteiger partial charge in [-0.1, -0.05) is 15.9 Å². The van der Waals surface area contributed by atoms with E-state index in [1.54, 1.807) is 0 Å². The van der Waals surface area contributed by atoms with E-state index in [0.29, 0.717) is 5.41 Å². The number of hydrogen-bond acceptors (Lipinski definition) is 2. The topological polar surface area (TPSA) is 29.5 Å². The van der Waals surface area contributed by atoms with Gasteiger partial charge in [-0.2, -0.15) is 0 Å². The van der Waals surface area contributed by atoms with E-state index in [1.165, 1.54) is 0 Å². The predicted octanol–water partition coefficient (Wildman–Crippen LogP) is 3.17. The third kappa shape index (κ3) is 1.85. The molecule has 0 aromatic heterocycles. The number of halogens is 1. The van der Waals surface area contributed by atoms with Gasteiger partial charge in [0, 0.05) is 22.8 Å². The SMILES string of the molecule is CC(C)(C)OC(=O)N1CC2(CBr)CC1(C)C2. The van der Waals surface area contributed by atoms with Gasteiger partial charge in [-0.25, -0.2) is 4.79 Å². The first-order chi connectivity index (χ1) is 7.20. The third-order valence-electron chi connectivity index (χ3n) is 3.55. The molecule has 0 spiro atoms. The van der Waals surface area contributed by atoms with Gasteiger partial charge in [-0.3, -0.25) is 0 Å². The van der Waals surface area contributed by atoms with Crippen molar-refractivity contribution in [2.45, 2.75) is 51.7 Å². The van der Waals surface area contributed by atoms with Gasteiger partial charge in [0.25, 0.3) is 0 Å². The molecule has 2 heterocycles. The summed E-state index contributed by atoms with van der Waals surface area (Å²) in [6.07, 6.45) is 2.05. The smallest absolute Gasteiger partial charge is 0.410 e. The summed E-state index contributed by atoms with van der Waals surface area (Å²) in [6.45, 7) is 8.73. The second kappa shape index (κ2) is 3.37. The van der Waals surface area contributed by atoms with Crippen molar-refractivity contribution >= 4 is 22.0 Å². The van der Waals surface area contributed by atoms with Gasteiger partial charge in [0.1, 0.15) is 5.60 Å². The van der Waals surface area contributed by atoms with E-state index < -0.39 is 5.60 Å². The number of carbonyl (C=O) groups excluding carboxylic acids is 1. The molecule has 2 bridgehead atoms. The van der Waals surface area contributed by atoms with E-state index in [4.69, 9.17) is 4.74 Å². The Morgan fingerprint density at radius 3 is 2.38 bits per heavy atom. The Kier molecular flexibility index (Phi) is 2.58. The van der Waals surface area contributed by atoms with E-state index in [0.717, 1.165) is 24.7 Å². The second-order valence-corrected chi connectivity index (χ2v) is 7.11. The summed E-state index contributed by atoms with van der Waals surface area (Å²) in [5, 5.41) is 0.981. The number of carbonyl (C=O) groups is 1. The Morgan fingerprint density at radius 2 is 2.00 bits per heavy atom. The molecule has 0 N–H and O–H groups in total. The highest BCUT2D eigenvalue weighted by atomic mass is 79.9. The molecule has 0 atom stereocenters. The average molecular weight is 290 g/mol. The zero-order chi connectivity index (χ0) is 12.2. The maximum atomic E-state index is 12.0. The number of rotatable bonds is 1. The van der Waals surface area contributed by atoms with Crippen molar-refractivity contribution in [3.8, 4) is 0 Å². The lowest BCUT2D eigenvalue weighted by atomic mass is 9.64. The van der Waals surface area contributed by atoms with Crippen LogP contribution in [0, 0.1) is 5.41 Å². The van der Waals surface area contributed by atoms with Gasteiger partial charge in [0.05, 0.1) is 0 Å². The molecule has 2 aliphatic heterocycles. The highest BCUT2D eigenvalue weighted by Crippen LogP contribution is 2.60. The minimum atomic E-state index is -0.401. The fourth-order valence-corrected chi connectivity index (χ4v) is 3.71. The predicted molar refractivity (Wildman–Crippen MR) is 66.8 cm³/mol. The van der Waals surface area contributed by atoms with Crippen molar-refractivity contribution in [2.75, 3.05) is 11.9 Å². The molecule has 0 radical (unpaired) electrons. The molecule has 1 aliphatic carbocycles. The molecule has 1 amide bonds. The van der Waals surface area contributed by atoms with Gasteiger partial charge >= 0.3 is 6.09 Å². The van der Waals surface area contributed by atoms with Crippen LogP contribution in [0.25, 0.3) is 0 Å². The van der Waals surface area contributed by atoms with Crippen molar-refractivity contribution in [1.82, 2.24) is 4.90 Å². The lowest BCUT2D eigenvalue weighted by Crippen LogP contribution is -2.49. The number of alkyl halides is 1. The monoisotopic (exact) mass is 289 g/mol. The van der Waals surface area contributed by atoms with Crippen LogP contribution in [-0.2, 0) is 4.74 Å². The maximum absolute atomic E-state index is 12.0. The maximum Gasteiger partial charge on any atom is 0.410 e. The number of ether oxygens (including phenoxy) is 1. The van der Waals surface area contributed by atoms with Crippen molar-refractivity contribution in [1.29, 1.82) is 0 Å². The molecule has 0 aromatic rings. The van der Waals surface area contributed by atoms with Gasteiger partial charge < -0.3 is 9.64 Å². The first-order valence-electron chi connectivity index (χ1n) is 5.76. The molecular weight excluding hydrogens is 270 g/mol. The van der Waals surface area contributed by atoms with E-state index in [2.05, 4.69) is 22.9 Å². The summed E-state index contributed by atoms with van der Waals surface area (Å²) in [6, 6.07) is 0. The number of nitrogens with zero attached hydrogens (tertiary/aromatic N) is 1. The van der Waals surface area contributed by atoms with E-state index in [-0.39, 0.29) is 11.6 Å². The molecule has 92 valence electrons. The normalized spacial score (nSPS) is 37.2. The minimum Gasteiger partial charge on any atom is -0.444 e. The van der Waals surface area contributed by atoms with Crippen LogP contribution in [0.5, 0.6) is 0 Å². The second-order valence-electron chi connectivity index (χ2n) is 6.55. The van der Waals surface area contributed by atoms with Crippen LogP contribution < -0.4 is 0 Å². The fourth-order valence-electron chi connectivity index (χ4n) is 3.13. The molecule has 3 aliphatic rings. The van der Waals surface area contributed by atoms with Crippen molar-refractivity contribution in [3.63, 3.8) is 0 Å². The lowest BCUT2D eigenvalue weighted by molar-refractivity contribution is 0.00850. The van der Waals surface area contributed by atoms with Gasteiger partial charge in [0.2, 0.25) is 0 Å². The molecule has 3 nitrogen and oxygen atoms in total. The molecule has 1 saturated carbocycles. The van der Waals surface area contributed by atoms with Crippen molar-refractivity contribution in [2.24, 2.45) is 5.41 Å². The summed E-state index contributed by atoms with van der Waals surface area (Å²) in [7, 11) is 0. The Morgan fingerprint density at radius 1 is 1.44 bits per heavy atom. The zero-order valence-corrected chi connectivity index (χ0v) is 12.1. The summed E-state index contributed by atoms with van der Waals surface area (Å²) in [5.74, 6) is 0. The highest BCUT2D eigenvalue weighted by molar-refractivity contribution is 9.09. The minimum absolute atomic E-state index is 0.0378. The highest BCUT2D eigenvalue weighted by Gasteiger charge is 2.64. The number of fused-ring (bicyclic) bond motifs is 1. The van der Waals surface area contributed by atoms with Gasteiger partial charge in [-0.15, -0.1) is 0 Å². The Bertz CT molecular complexity index is 315. The molecule has 0 aromatic carbocycles. The number of hydrogen-bond donors (Lipinski definition) is 0. The number of amides is 1. The lowest BCUT2D eigenvalue weighted by Gasteiger charge is -2.44. The summed E-state index contributed by atoms with van der Waals surface area (Å²) in [5.41, 5.74) is -0.0518. The van der Waals surface area contributed by atoms with Crippen LogP contribution in [0.4, 0.5) is 4.79 Å². The van der Waals surface area contributed by atoms with Crippen LogP contribution >= 0.6 is 15.9 Å². The van der Waals surface area contributed by atoms with E-state index in [1.807, 2.05) is 25.7 Å². The largest absolute Gasteiger partial charge is 0.444 e. The van der Waals surface area contributed by atoms with E-state index >= 15 is 0 Å². The fraction of sp³-hybridized carbons (Fsp3) is 0.917. The third-order valence-corrected chi connectivity index (χ3v) is 4.74. The zero-order valence-electron chi connectivity index (χ0n) is 10.5. The first-order valence-corrected chi connectivity index (χ1v) is 6.89. The summed E-state index contributed by atoms with van der Waals surface area (Å²) in [4.78, 5) is 14.0. The standard InChI is InChI=1S/C12H20BrNO2/c1-10(2,3)16-9(15)14-8-12(7-13)5-11(14,4)6-12/h5-8H2,1-4H3.